The van der Waals surface area contributed by atoms with Gasteiger partial charge in [0.1, 0.15) is 11.3 Å². The molecule has 2 N–H and O–H groups in total. The van der Waals surface area contributed by atoms with Crippen molar-refractivity contribution in [3.63, 3.8) is 0 Å². The number of nitrogens with zero attached hydrogens (tertiary/aromatic N) is 2. The minimum absolute atomic E-state index is 0.794. The molecule has 104 valence electrons. The van der Waals surface area contributed by atoms with Crippen molar-refractivity contribution in [3.8, 4) is 0 Å². The zero-order valence-corrected chi connectivity index (χ0v) is 12.2. The molecule has 0 aliphatic heterocycles. The second-order valence-corrected chi connectivity index (χ2v) is 5.21. The summed E-state index contributed by atoms with van der Waals surface area (Å²) < 4.78 is 2.37. The van der Waals surface area contributed by atoms with Gasteiger partial charge in [-0.25, -0.2) is 4.98 Å². The molecule has 0 radical (unpaired) electrons. The Bertz CT molecular complexity index is 528. The molecule has 0 aliphatic carbocycles. The lowest BCUT2D eigenvalue weighted by molar-refractivity contribution is 0.572. The van der Waals surface area contributed by atoms with Gasteiger partial charge in [-0.1, -0.05) is 39.2 Å². The van der Waals surface area contributed by atoms with Crippen LogP contribution in [0.4, 0.5) is 5.69 Å². The maximum atomic E-state index is 6.04. The number of hydrogen-bond donors (Lipinski definition) is 1. The highest BCUT2D eigenvalue weighted by Gasteiger charge is 2.11. The lowest BCUT2D eigenvalue weighted by Gasteiger charge is -2.08. The molecule has 0 atom stereocenters. The van der Waals surface area contributed by atoms with Crippen LogP contribution in [0.25, 0.3) is 11.0 Å². The largest absolute Gasteiger partial charge is 0.397 e. The van der Waals surface area contributed by atoms with Gasteiger partial charge in [-0.15, -0.1) is 0 Å². The number of anilines is 1. The minimum atomic E-state index is 0.794. The number of aryl methyl sites for hydroxylation is 2. The molecule has 3 heteroatoms. The molecule has 0 aliphatic rings. The van der Waals surface area contributed by atoms with Crippen LogP contribution >= 0.6 is 0 Å². The number of benzene rings is 1. The number of aromatic nitrogens is 2. The smallest absolute Gasteiger partial charge is 0.112 e. The maximum Gasteiger partial charge on any atom is 0.112 e. The molecule has 0 saturated heterocycles. The van der Waals surface area contributed by atoms with Crippen molar-refractivity contribution < 1.29 is 0 Å². The van der Waals surface area contributed by atoms with Crippen LogP contribution < -0.4 is 5.73 Å². The Morgan fingerprint density at radius 1 is 1.11 bits per heavy atom. The highest BCUT2D eigenvalue weighted by molar-refractivity contribution is 5.87. The third-order valence-electron chi connectivity index (χ3n) is 3.60. The van der Waals surface area contributed by atoms with E-state index in [1.807, 2.05) is 12.1 Å². The molecular formula is C16H25N3. The molecule has 0 saturated carbocycles. The van der Waals surface area contributed by atoms with Crippen molar-refractivity contribution in [1.29, 1.82) is 0 Å². The Kier molecular flexibility index (Phi) is 4.83. The first kappa shape index (κ1) is 13.9. The van der Waals surface area contributed by atoms with Gasteiger partial charge in [0.25, 0.3) is 0 Å². The van der Waals surface area contributed by atoms with Crippen molar-refractivity contribution in [2.75, 3.05) is 5.73 Å². The summed E-state index contributed by atoms with van der Waals surface area (Å²) >= 11 is 0. The maximum absolute atomic E-state index is 6.04. The van der Waals surface area contributed by atoms with Crippen molar-refractivity contribution in [2.24, 2.45) is 0 Å². The summed E-state index contributed by atoms with van der Waals surface area (Å²) in [7, 11) is 0. The summed E-state index contributed by atoms with van der Waals surface area (Å²) in [6, 6.07) is 6.10. The lowest BCUT2D eigenvalue weighted by Crippen LogP contribution is -2.04. The van der Waals surface area contributed by atoms with E-state index in [4.69, 9.17) is 10.7 Å². The Morgan fingerprint density at radius 2 is 1.95 bits per heavy atom. The zero-order valence-electron chi connectivity index (χ0n) is 12.2. The van der Waals surface area contributed by atoms with Crippen molar-refractivity contribution in [2.45, 2.75) is 58.9 Å². The SMILES string of the molecule is CCCCCCn1c(CCC)nc2c(N)cccc21. The highest BCUT2D eigenvalue weighted by Crippen LogP contribution is 2.23. The van der Waals surface area contributed by atoms with Crippen LogP contribution in [0.15, 0.2) is 18.2 Å². The van der Waals surface area contributed by atoms with Gasteiger partial charge in [-0.05, 0) is 25.0 Å². The molecule has 1 aromatic heterocycles. The van der Waals surface area contributed by atoms with Gasteiger partial charge >= 0.3 is 0 Å². The van der Waals surface area contributed by atoms with Crippen LogP contribution in [0.1, 0.15) is 51.8 Å². The molecule has 2 aromatic rings. The van der Waals surface area contributed by atoms with Gasteiger partial charge in [-0.3, -0.25) is 0 Å². The number of rotatable bonds is 7. The van der Waals surface area contributed by atoms with E-state index in [0.717, 1.165) is 30.6 Å². The first-order chi connectivity index (χ1) is 9.27. The third-order valence-corrected chi connectivity index (χ3v) is 3.60. The van der Waals surface area contributed by atoms with E-state index in [0.29, 0.717) is 0 Å². The molecule has 0 fully saturated rings. The summed E-state index contributed by atoms with van der Waals surface area (Å²) in [5.41, 5.74) is 9.00. The molecule has 0 amide bonds. The summed E-state index contributed by atoms with van der Waals surface area (Å²) in [5.74, 6) is 1.19. The van der Waals surface area contributed by atoms with Crippen LogP contribution in [0, 0.1) is 0 Å². The first-order valence-electron chi connectivity index (χ1n) is 7.51. The second kappa shape index (κ2) is 6.60. The van der Waals surface area contributed by atoms with Crippen LogP contribution in [0.3, 0.4) is 0 Å². The van der Waals surface area contributed by atoms with E-state index in [9.17, 15) is 0 Å². The van der Waals surface area contributed by atoms with E-state index in [2.05, 4.69) is 24.5 Å². The molecule has 0 bridgehead atoms. The lowest BCUT2D eigenvalue weighted by atomic mass is 10.2. The average molecular weight is 259 g/mol. The van der Waals surface area contributed by atoms with E-state index in [1.54, 1.807) is 0 Å². The Labute approximate surface area is 115 Å². The van der Waals surface area contributed by atoms with E-state index in [-0.39, 0.29) is 0 Å². The third kappa shape index (κ3) is 3.09. The molecule has 3 nitrogen and oxygen atoms in total. The molecule has 1 aromatic carbocycles. The summed E-state index contributed by atoms with van der Waals surface area (Å²) in [6.45, 7) is 5.51. The number of para-hydroxylation sites is 1. The second-order valence-electron chi connectivity index (χ2n) is 5.21. The van der Waals surface area contributed by atoms with Crippen LogP contribution in [0.2, 0.25) is 0 Å². The van der Waals surface area contributed by atoms with E-state index in [1.165, 1.54) is 37.0 Å². The summed E-state index contributed by atoms with van der Waals surface area (Å²) in [6.07, 6.45) is 7.27. The number of nitrogen functional groups attached to an aromatic ring is 1. The quantitative estimate of drug-likeness (QED) is 0.599. The molecule has 2 rings (SSSR count). The average Bonchev–Trinajstić information content (AvgIpc) is 2.75. The highest BCUT2D eigenvalue weighted by atomic mass is 15.1. The predicted molar refractivity (Wildman–Crippen MR) is 82.3 cm³/mol. The fourth-order valence-electron chi connectivity index (χ4n) is 2.58. The van der Waals surface area contributed by atoms with E-state index < -0.39 is 0 Å². The Hall–Kier alpha value is -1.51. The van der Waals surface area contributed by atoms with Crippen molar-refractivity contribution in [1.82, 2.24) is 9.55 Å². The fourth-order valence-corrected chi connectivity index (χ4v) is 2.58. The molecular weight excluding hydrogens is 234 g/mol. The predicted octanol–water partition coefficient (Wildman–Crippen LogP) is 4.15. The zero-order chi connectivity index (χ0) is 13.7. The number of fused-ring (bicyclic) bond motifs is 1. The number of imidazole rings is 1. The van der Waals surface area contributed by atoms with Crippen LogP contribution in [-0.4, -0.2) is 9.55 Å². The number of hydrogen-bond acceptors (Lipinski definition) is 2. The standard InChI is InChI=1S/C16H25N3/c1-3-5-6-7-12-19-14-11-8-10-13(17)16(14)18-15(19)9-4-2/h8,10-11H,3-7,9,12,17H2,1-2H3. The van der Waals surface area contributed by atoms with Gasteiger partial charge in [0, 0.05) is 13.0 Å². The normalized spacial score (nSPS) is 11.3. The monoisotopic (exact) mass is 259 g/mol. The minimum Gasteiger partial charge on any atom is -0.397 e. The van der Waals surface area contributed by atoms with Crippen LogP contribution in [-0.2, 0) is 13.0 Å². The van der Waals surface area contributed by atoms with E-state index >= 15 is 0 Å². The number of nitrogens with two attached hydrogens (primary N) is 1. The topological polar surface area (TPSA) is 43.8 Å². The van der Waals surface area contributed by atoms with Crippen molar-refractivity contribution in [3.05, 3.63) is 24.0 Å². The fraction of sp³-hybridized carbons (Fsp3) is 0.562. The van der Waals surface area contributed by atoms with Crippen LogP contribution in [0.5, 0.6) is 0 Å². The first-order valence-corrected chi connectivity index (χ1v) is 7.51. The Balaban J connectivity index is 2.27. The van der Waals surface area contributed by atoms with Gasteiger partial charge in [-0.2, -0.15) is 0 Å². The number of unbranched alkanes of at least 4 members (excludes halogenated alkanes) is 3. The summed E-state index contributed by atoms with van der Waals surface area (Å²) in [5, 5.41) is 0. The summed E-state index contributed by atoms with van der Waals surface area (Å²) in [4.78, 5) is 4.74. The molecule has 1 heterocycles. The molecule has 0 spiro atoms. The van der Waals surface area contributed by atoms with Gasteiger partial charge < -0.3 is 10.3 Å². The van der Waals surface area contributed by atoms with Crippen molar-refractivity contribution >= 4 is 16.7 Å². The molecule has 0 unspecified atom stereocenters. The van der Waals surface area contributed by atoms with Gasteiger partial charge in [0.2, 0.25) is 0 Å². The Morgan fingerprint density at radius 3 is 2.68 bits per heavy atom. The molecule has 19 heavy (non-hydrogen) atoms. The van der Waals surface area contributed by atoms with Gasteiger partial charge in [0.05, 0.1) is 11.2 Å². The van der Waals surface area contributed by atoms with Gasteiger partial charge in [0.15, 0.2) is 0 Å².